The van der Waals surface area contributed by atoms with E-state index in [0.717, 1.165) is 0 Å². The maximum absolute atomic E-state index is 12.7. The number of hydrogen-bond donors (Lipinski definition) is 1. The fourth-order valence-electron chi connectivity index (χ4n) is 2.16. The first-order valence-corrected chi connectivity index (χ1v) is 8.65. The van der Waals surface area contributed by atoms with Crippen LogP contribution in [0.2, 0.25) is 0 Å². The number of hydrogen-bond acceptors (Lipinski definition) is 6. The summed E-state index contributed by atoms with van der Waals surface area (Å²) >= 11 is 0. The van der Waals surface area contributed by atoms with E-state index in [4.69, 9.17) is 25.3 Å². The van der Waals surface area contributed by atoms with Crippen LogP contribution in [0.25, 0.3) is 4.85 Å². The van der Waals surface area contributed by atoms with Crippen LogP contribution in [-0.4, -0.2) is 14.2 Å². The molecule has 8 heteroatoms. The van der Waals surface area contributed by atoms with Gasteiger partial charge in [0.2, 0.25) is 17.4 Å². The predicted octanol–water partition coefficient (Wildman–Crippen LogP) is 2.55. The van der Waals surface area contributed by atoms with Crippen molar-refractivity contribution in [3.8, 4) is 0 Å². The highest BCUT2D eigenvalue weighted by Gasteiger charge is 2.39. The number of carbonyl (C=O) groups is 1. The van der Waals surface area contributed by atoms with E-state index in [0.29, 0.717) is 0 Å². The second-order valence-corrected chi connectivity index (χ2v) is 6.40. The average Bonchev–Trinajstić information content (AvgIpc) is 2.92. The topological polar surface area (TPSA) is 100 Å². The molecule has 0 bridgehead atoms. The molecule has 0 unspecified atom stereocenters. The summed E-state index contributed by atoms with van der Waals surface area (Å²) < 4.78 is 59.1. The number of ketones is 1. The van der Waals surface area contributed by atoms with Gasteiger partial charge in [-0.25, -0.2) is 4.85 Å². The molecule has 0 aromatic heterocycles. The molecule has 1 aliphatic rings. The van der Waals surface area contributed by atoms with Gasteiger partial charge in [0.15, 0.2) is 11.8 Å². The first kappa shape index (κ1) is 13.9. The Labute approximate surface area is 154 Å². The molecule has 26 heavy (non-hydrogen) atoms. The minimum absolute atomic E-state index is 0.0000764. The summed E-state index contributed by atoms with van der Waals surface area (Å²) in [5, 5.41) is 0. The quantitative estimate of drug-likeness (QED) is 0.639. The van der Waals surface area contributed by atoms with Gasteiger partial charge in [-0.15, -0.1) is 0 Å². The minimum atomic E-state index is -5.03. The Hall–Kier alpha value is -3.31. The van der Waals surface area contributed by atoms with E-state index < -0.39 is 39.3 Å². The number of ether oxygens (including phenoxy) is 1. The SMILES string of the molecule is [2H]C([2H])(c1ccccc1)S(=O)(=O)OC1=C(N)O[C@]([2H])(c2ccc([N+]#[C-])cc2)C1=O. The van der Waals surface area contributed by atoms with Crippen molar-refractivity contribution in [3.63, 3.8) is 0 Å². The van der Waals surface area contributed by atoms with Crippen molar-refractivity contribution in [2.24, 2.45) is 5.73 Å². The van der Waals surface area contributed by atoms with E-state index in [2.05, 4.69) is 4.85 Å². The third-order valence-corrected chi connectivity index (χ3v) is 4.19. The fraction of sp³-hybridized carbons (Fsp3) is 0.111. The van der Waals surface area contributed by atoms with Gasteiger partial charge < -0.3 is 14.7 Å². The summed E-state index contributed by atoms with van der Waals surface area (Å²) in [6.07, 6.45) is -2.42. The molecule has 0 saturated heterocycles. The third kappa shape index (κ3) is 3.68. The van der Waals surface area contributed by atoms with E-state index in [1.54, 1.807) is 6.07 Å². The largest absolute Gasteiger partial charge is 0.460 e. The number of benzene rings is 2. The lowest BCUT2D eigenvalue weighted by atomic mass is 10.1. The molecule has 7 nitrogen and oxygen atoms in total. The summed E-state index contributed by atoms with van der Waals surface area (Å²) in [6.45, 7) is 6.93. The zero-order valence-electron chi connectivity index (χ0n) is 16.2. The second kappa shape index (κ2) is 6.90. The van der Waals surface area contributed by atoms with Crippen molar-refractivity contribution >= 4 is 21.6 Å². The zero-order valence-corrected chi connectivity index (χ0v) is 14.0. The van der Waals surface area contributed by atoms with Crippen molar-refractivity contribution in [2.45, 2.75) is 11.8 Å². The van der Waals surface area contributed by atoms with E-state index in [9.17, 15) is 13.2 Å². The van der Waals surface area contributed by atoms with Crippen LogP contribution in [0, 0.1) is 6.57 Å². The molecule has 0 amide bonds. The molecular weight excluding hydrogens is 356 g/mol. The number of nitrogens with zero attached hydrogens (tertiary/aromatic N) is 1. The Balaban J connectivity index is 1.92. The molecule has 1 atom stereocenters. The number of nitrogens with two attached hydrogens (primary N) is 1. The molecule has 2 aromatic rings. The third-order valence-electron chi connectivity index (χ3n) is 3.32. The lowest BCUT2D eigenvalue weighted by Gasteiger charge is -2.10. The smallest absolute Gasteiger partial charge is 0.313 e. The number of rotatable bonds is 5. The van der Waals surface area contributed by atoms with Gasteiger partial charge in [0, 0.05) is 0 Å². The zero-order chi connectivity index (χ0) is 21.4. The predicted molar refractivity (Wildman–Crippen MR) is 92.9 cm³/mol. The van der Waals surface area contributed by atoms with Gasteiger partial charge in [0.05, 0.1) is 10.7 Å². The highest BCUT2D eigenvalue weighted by Crippen LogP contribution is 2.33. The van der Waals surface area contributed by atoms with Crippen molar-refractivity contribution in [1.82, 2.24) is 0 Å². The van der Waals surface area contributed by atoms with Crippen molar-refractivity contribution in [1.29, 1.82) is 0 Å². The monoisotopic (exact) mass is 373 g/mol. The van der Waals surface area contributed by atoms with Crippen LogP contribution in [0.5, 0.6) is 0 Å². The van der Waals surface area contributed by atoms with Crippen LogP contribution in [-0.2, 0) is 29.5 Å². The van der Waals surface area contributed by atoms with Crippen LogP contribution in [0.1, 0.15) is 21.3 Å². The molecule has 0 aliphatic carbocycles. The van der Waals surface area contributed by atoms with Gasteiger partial charge in [-0.3, -0.25) is 4.79 Å². The fourth-order valence-corrected chi connectivity index (χ4v) is 3.00. The van der Waals surface area contributed by atoms with Crippen LogP contribution in [0.3, 0.4) is 0 Å². The van der Waals surface area contributed by atoms with Gasteiger partial charge in [-0.05, 0) is 11.1 Å². The highest BCUT2D eigenvalue weighted by atomic mass is 32.2. The summed E-state index contributed by atoms with van der Waals surface area (Å²) in [4.78, 5) is 15.9. The number of carbonyl (C=O) groups excluding carboxylic acids is 1. The summed E-state index contributed by atoms with van der Waals surface area (Å²) in [7, 11) is -5.03. The molecule has 0 fully saturated rings. The molecule has 1 aliphatic heterocycles. The van der Waals surface area contributed by atoms with Gasteiger partial charge >= 0.3 is 10.1 Å². The standard InChI is InChI=1S/C18H14N2O5S/c1-20-14-9-7-13(8-10-14)16-15(21)17(18(19)24-16)25-26(22,23)11-12-5-3-2-4-6-12/h2-10,16H,11,19H2/t16-/m1/s1/i11D2,16D. The second-order valence-electron chi connectivity index (χ2n) is 5.12. The minimum Gasteiger partial charge on any atom is -0.460 e. The van der Waals surface area contributed by atoms with Crippen LogP contribution in [0.4, 0.5) is 5.69 Å². The normalized spacial score (nSPS) is 22.0. The Morgan fingerprint density at radius 2 is 1.88 bits per heavy atom. The highest BCUT2D eigenvalue weighted by molar-refractivity contribution is 7.86. The van der Waals surface area contributed by atoms with Gasteiger partial charge in [-0.1, -0.05) is 54.6 Å². The first-order chi connectivity index (χ1) is 13.5. The Morgan fingerprint density at radius 3 is 2.50 bits per heavy atom. The Kier molecular flexibility index (Phi) is 3.69. The molecule has 132 valence electrons. The lowest BCUT2D eigenvalue weighted by Crippen LogP contribution is -2.16. The molecule has 1 heterocycles. The summed E-state index contributed by atoms with van der Waals surface area (Å²) in [5.74, 6) is -2.95. The van der Waals surface area contributed by atoms with Gasteiger partial charge in [0.1, 0.15) is 5.70 Å². The molecule has 0 radical (unpaired) electrons. The maximum atomic E-state index is 12.7. The molecule has 2 aromatic carbocycles. The molecule has 0 spiro atoms. The van der Waals surface area contributed by atoms with Crippen molar-refractivity contribution in [3.05, 3.63) is 88.8 Å². The summed E-state index contributed by atoms with van der Waals surface area (Å²) in [6, 6.07) is 12.3. The van der Waals surface area contributed by atoms with E-state index in [1.165, 1.54) is 48.5 Å². The van der Waals surface area contributed by atoms with E-state index in [1.807, 2.05) is 0 Å². The van der Waals surface area contributed by atoms with Crippen molar-refractivity contribution < 1.29 is 26.2 Å². The van der Waals surface area contributed by atoms with Crippen LogP contribution < -0.4 is 5.73 Å². The summed E-state index contributed by atoms with van der Waals surface area (Å²) in [5.41, 5.74) is 2.64. The van der Waals surface area contributed by atoms with Crippen LogP contribution in [0.15, 0.2) is 66.2 Å². The Morgan fingerprint density at radius 1 is 1.23 bits per heavy atom. The van der Waals surface area contributed by atoms with Crippen molar-refractivity contribution in [2.75, 3.05) is 0 Å². The average molecular weight is 373 g/mol. The first-order valence-electron chi connectivity index (χ1n) is 8.74. The molecule has 3 rings (SSSR count). The van der Waals surface area contributed by atoms with Crippen LogP contribution >= 0.6 is 0 Å². The Bertz CT molecular complexity index is 1140. The lowest BCUT2D eigenvalue weighted by molar-refractivity contribution is -0.123. The molecule has 0 saturated carbocycles. The van der Waals surface area contributed by atoms with E-state index in [-0.39, 0.29) is 16.8 Å². The number of Topliss-reactive ketones (excluding diaryl/α,β-unsaturated/α-hetero) is 1. The molecule has 2 N–H and O–H groups in total. The molecular formula is C18H14N2O5S. The van der Waals surface area contributed by atoms with Gasteiger partial charge in [0.25, 0.3) is 0 Å². The maximum Gasteiger partial charge on any atom is 0.313 e. The van der Waals surface area contributed by atoms with Gasteiger partial charge in [-0.2, -0.15) is 8.42 Å². The van der Waals surface area contributed by atoms with E-state index >= 15 is 0 Å².